The van der Waals surface area contributed by atoms with Crippen molar-refractivity contribution in [2.75, 3.05) is 33.3 Å². The first-order chi connectivity index (χ1) is 19.6. The van der Waals surface area contributed by atoms with Gasteiger partial charge in [-0.2, -0.15) is 9.78 Å². The molecule has 1 atom stereocenters. The number of piperidine rings is 1. The molecule has 11 nitrogen and oxygen atoms in total. The van der Waals surface area contributed by atoms with E-state index in [1.54, 1.807) is 42.3 Å². The standard InChI is InChI=1S/C29H34BrN5O6/c1-6-33(7-2)27(37)19-9-8-12-34(16-19)28(38)24-26(36)31-29(39)35(32-24)20-13-17(3)25(18(4)14-20)41-21-10-11-23(40-5)22(30)15-21/h10-11,13-15,19H,6-9,12,16H2,1-5H3,(H,31,36,39). The monoisotopic (exact) mass is 627 g/mol. The first-order valence-corrected chi connectivity index (χ1v) is 14.3. The number of hydrogen-bond acceptors (Lipinski definition) is 7. The molecule has 0 saturated carbocycles. The summed E-state index contributed by atoms with van der Waals surface area (Å²) in [5.74, 6) is 0.887. The average molecular weight is 629 g/mol. The molecule has 2 aromatic carbocycles. The zero-order chi connectivity index (χ0) is 29.8. The predicted octanol–water partition coefficient (Wildman–Crippen LogP) is 3.82. The quantitative estimate of drug-likeness (QED) is 0.402. The Kier molecular flexibility index (Phi) is 9.31. The minimum Gasteiger partial charge on any atom is -0.496 e. The normalized spacial score (nSPS) is 15.0. The number of carbonyl (C=O) groups is 2. The number of rotatable bonds is 8. The molecule has 1 aromatic heterocycles. The third-order valence-corrected chi connectivity index (χ3v) is 7.82. The molecule has 0 spiro atoms. The zero-order valence-corrected chi connectivity index (χ0v) is 25.4. The van der Waals surface area contributed by atoms with E-state index >= 15 is 0 Å². The van der Waals surface area contributed by atoms with E-state index in [9.17, 15) is 19.2 Å². The zero-order valence-electron chi connectivity index (χ0n) is 23.8. The third-order valence-electron chi connectivity index (χ3n) is 7.20. The summed E-state index contributed by atoms with van der Waals surface area (Å²) in [5.41, 5.74) is -0.244. The van der Waals surface area contributed by atoms with Gasteiger partial charge in [0.2, 0.25) is 11.6 Å². The van der Waals surface area contributed by atoms with Gasteiger partial charge in [0.15, 0.2) is 0 Å². The van der Waals surface area contributed by atoms with Crippen molar-refractivity contribution in [3.63, 3.8) is 0 Å². The number of aryl methyl sites for hydroxylation is 2. The fourth-order valence-electron chi connectivity index (χ4n) is 5.06. The Morgan fingerprint density at radius 2 is 1.80 bits per heavy atom. The molecule has 4 rings (SSSR count). The summed E-state index contributed by atoms with van der Waals surface area (Å²) in [6.07, 6.45) is 1.30. The number of ether oxygens (including phenoxy) is 2. The van der Waals surface area contributed by atoms with Crippen molar-refractivity contribution in [2.24, 2.45) is 5.92 Å². The second kappa shape index (κ2) is 12.7. The van der Waals surface area contributed by atoms with Crippen LogP contribution in [0.1, 0.15) is 48.3 Å². The highest BCUT2D eigenvalue weighted by Crippen LogP contribution is 2.34. The van der Waals surface area contributed by atoms with E-state index in [1.807, 2.05) is 27.7 Å². The Labute approximate surface area is 246 Å². The molecule has 0 bridgehead atoms. The van der Waals surface area contributed by atoms with Crippen LogP contribution < -0.4 is 20.7 Å². The highest BCUT2D eigenvalue weighted by Gasteiger charge is 2.32. The number of nitrogens with one attached hydrogen (secondary N) is 1. The number of methoxy groups -OCH3 is 1. The van der Waals surface area contributed by atoms with Crippen molar-refractivity contribution in [2.45, 2.75) is 40.5 Å². The SMILES string of the molecule is CCN(CC)C(=O)C1CCCN(C(=O)c2nn(-c3cc(C)c(Oc4ccc(OC)c(Br)c4)c(C)c3)c(=O)[nH]c2=O)C1. The number of nitrogens with zero attached hydrogens (tertiary/aromatic N) is 4. The molecule has 0 aliphatic carbocycles. The van der Waals surface area contributed by atoms with Gasteiger partial charge >= 0.3 is 5.69 Å². The summed E-state index contributed by atoms with van der Waals surface area (Å²) < 4.78 is 13.1. The first-order valence-electron chi connectivity index (χ1n) is 13.5. The highest BCUT2D eigenvalue weighted by atomic mass is 79.9. The van der Waals surface area contributed by atoms with Crippen molar-refractivity contribution in [3.8, 4) is 22.9 Å². The van der Waals surface area contributed by atoms with Crippen molar-refractivity contribution < 1.29 is 19.1 Å². The van der Waals surface area contributed by atoms with Gasteiger partial charge in [0.05, 0.1) is 23.2 Å². The Morgan fingerprint density at radius 3 is 2.41 bits per heavy atom. The summed E-state index contributed by atoms with van der Waals surface area (Å²) in [5, 5.41) is 4.19. The van der Waals surface area contributed by atoms with E-state index in [1.165, 1.54) is 4.90 Å². The number of likely N-dealkylation sites (tertiary alicyclic amines) is 1. The summed E-state index contributed by atoms with van der Waals surface area (Å²) in [6.45, 7) is 9.26. The fraction of sp³-hybridized carbons (Fsp3) is 0.414. The molecule has 12 heteroatoms. The molecule has 1 saturated heterocycles. The van der Waals surface area contributed by atoms with Gasteiger partial charge in [-0.3, -0.25) is 19.4 Å². The maximum absolute atomic E-state index is 13.4. The van der Waals surface area contributed by atoms with Gasteiger partial charge in [0.25, 0.3) is 11.5 Å². The fourth-order valence-corrected chi connectivity index (χ4v) is 5.58. The van der Waals surface area contributed by atoms with Crippen LogP contribution in [0.5, 0.6) is 17.2 Å². The van der Waals surface area contributed by atoms with Gasteiger partial charge in [-0.25, -0.2) is 4.79 Å². The first kappa shape index (κ1) is 30.0. The van der Waals surface area contributed by atoms with Gasteiger partial charge in [-0.15, -0.1) is 0 Å². The average Bonchev–Trinajstić information content (AvgIpc) is 2.95. The Bertz CT molecular complexity index is 1560. The second-order valence-corrected chi connectivity index (χ2v) is 10.8. The van der Waals surface area contributed by atoms with Crippen LogP contribution in [0.4, 0.5) is 0 Å². The lowest BCUT2D eigenvalue weighted by atomic mass is 9.96. The minimum absolute atomic E-state index is 0.00500. The number of carbonyl (C=O) groups excluding carboxylic acids is 2. The number of amides is 2. The van der Waals surface area contributed by atoms with Crippen LogP contribution in [0.3, 0.4) is 0 Å². The predicted molar refractivity (Wildman–Crippen MR) is 157 cm³/mol. The Balaban J connectivity index is 1.62. The number of benzene rings is 2. The lowest BCUT2D eigenvalue weighted by molar-refractivity contribution is -0.136. The van der Waals surface area contributed by atoms with Gasteiger partial charge in [-0.05, 0) is 97.9 Å². The Hall–Kier alpha value is -3.93. The van der Waals surface area contributed by atoms with Crippen molar-refractivity contribution >= 4 is 27.7 Å². The largest absolute Gasteiger partial charge is 0.496 e. The van der Waals surface area contributed by atoms with Gasteiger partial charge in [0, 0.05) is 26.2 Å². The molecular formula is C29H34BrN5O6. The molecule has 1 aliphatic rings. The van der Waals surface area contributed by atoms with Crippen molar-refractivity contribution in [3.05, 3.63) is 72.5 Å². The lowest BCUT2D eigenvalue weighted by Gasteiger charge is -2.34. The van der Waals surface area contributed by atoms with E-state index in [0.717, 1.165) is 9.15 Å². The maximum atomic E-state index is 13.4. The molecule has 0 radical (unpaired) electrons. The second-order valence-electron chi connectivity index (χ2n) is 9.93. The highest BCUT2D eigenvalue weighted by molar-refractivity contribution is 9.10. The van der Waals surface area contributed by atoms with Crippen LogP contribution in [0, 0.1) is 19.8 Å². The number of aromatic nitrogens is 3. The van der Waals surface area contributed by atoms with Crippen molar-refractivity contribution in [1.82, 2.24) is 24.6 Å². The van der Waals surface area contributed by atoms with E-state index in [-0.39, 0.29) is 18.4 Å². The number of H-pyrrole nitrogens is 1. The molecular weight excluding hydrogens is 594 g/mol. The number of aromatic amines is 1. The lowest BCUT2D eigenvalue weighted by Crippen LogP contribution is -2.48. The molecule has 218 valence electrons. The van der Waals surface area contributed by atoms with E-state index in [4.69, 9.17) is 9.47 Å². The van der Waals surface area contributed by atoms with Crippen LogP contribution in [0.25, 0.3) is 5.69 Å². The number of halogens is 1. The van der Waals surface area contributed by atoms with Gasteiger partial charge in [-0.1, -0.05) is 0 Å². The summed E-state index contributed by atoms with van der Waals surface area (Å²) >= 11 is 3.45. The molecule has 2 amide bonds. The molecule has 3 aromatic rings. The topological polar surface area (TPSA) is 127 Å². The third kappa shape index (κ3) is 6.37. The van der Waals surface area contributed by atoms with Gasteiger partial charge in [0.1, 0.15) is 17.2 Å². The van der Waals surface area contributed by atoms with E-state index in [0.29, 0.717) is 66.5 Å². The molecule has 1 fully saturated rings. The van der Waals surface area contributed by atoms with Crippen LogP contribution in [0.15, 0.2) is 44.4 Å². The Morgan fingerprint density at radius 1 is 1.12 bits per heavy atom. The van der Waals surface area contributed by atoms with E-state index in [2.05, 4.69) is 26.0 Å². The minimum atomic E-state index is -0.869. The van der Waals surface area contributed by atoms with Crippen LogP contribution >= 0.6 is 15.9 Å². The van der Waals surface area contributed by atoms with Crippen LogP contribution in [-0.2, 0) is 4.79 Å². The molecule has 2 heterocycles. The summed E-state index contributed by atoms with van der Waals surface area (Å²) in [4.78, 5) is 57.3. The maximum Gasteiger partial charge on any atom is 0.349 e. The van der Waals surface area contributed by atoms with Crippen molar-refractivity contribution in [1.29, 1.82) is 0 Å². The summed E-state index contributed by atoms with van der Waals surface area (Å²) in [6, 6.07) is 8.75. The van der Waals surface area contributed by atoms with Gasteiger partial charge < -0.3 is 19.3 Å². The van der Waals surface area contributed by atoms with Crippen LogP contribution in [-0.4, -0.2) is 69.7 Å². The molecule has 1 unspecified atom stereocenters. The molecule has 41 heavy (non-hydrogen) atoms. The number of hydrogen-bond donors (Lipinski definition) is 1. The molecule has 1 aliphatic heterocycles. The summed E-state index contributed by atoms with van der Waals surface area (Å²) in [7, 11) is 1.58. The molecule has 1 N–H and O–H groups in total. The van der Waals surface area contributed by atoms with Crippen LogP contribution in [0.2, 0.25) is 0 Å². The van der Waals surface area contributed by atoms with E-state index < -0.39 is 22.9 Å². The smallest absolute Gasteiger partial charge is 0.349 e.